The molecule has 0 bridgehead atoms. The summed E-state index contributed by atoms with van der Waals surface area (Å²) >= 11 is 0. The first-order valence-electron chi connectivity index (χ1n) is 11.7. The van der Waals surface area contributed by atoms with E-state index in [9.17, 15) is 10.1 Å². The smallest absolute Gasteiger partial charge is 0.248 e. The van der Waals surface area contributed by atoms with Crippen molar-refractivity contribution in [1.29, 1.82) is 10.5 Å². The van der Waals surface area contributed by atoms with E-state index in [0.717, 1.165) is 24.0 Å². The maximum Gasteiger partial charge on any atom is 0.248 e. The molecular weight excluding hydrogens is 436 g/mol. The maximum atomic E-state index is 13.3. The minimum atomic E-state index is -0.620. The molecule has 2 unspecified atom stereocenters. The van der Waals surface area contributed by atoms with Gasteiger partial charge in [0.05, 0.1) is 34.6 Å². The lowest BCUT2D eigenvalue weighted by atomic mass is 9.93. The molecule has 35 heavy (non-hydrogen) atoms. The molecule has 7 heteroatoms. The first kappa shape index (κ1) is 25.6. The van der Waals surface area contributed by atoms with Crippen LogP contribution in [0.2, 0.25) is 0 Å². The molecule has 1 aliphatic heterocycles. The van der Waals surface area contributed by atoms with Crippen molar-refractivity contribution in [2.24, 2.45) is 0 Å². The number of amides is 1. The maximum absolute atomic E-state index is 13.3. The van der Waals surface area contributed by atoms with Crippen LogP contribution in [-0.4, -0.2) is 43.5 Å². The topological polar surface area (TPSA) is 104 Å². The van der Waals surface area contributed by atoms with E-state index < -0.39 is 6.04 Å². The molecule has 1 amide bonds. The van der Waals surface area contributed by atoms with Gasteiger partial charge in [0, 0.05) is 20.3 Å². The van der Waals surface area contributed by atoms with Crippen molar-refractivity contribution < 1.29 is 4.79 Å². The summed E-state index contributed by atoms with van der Waals surface area (Å²) in [6.07, 6.45) is 5.79. The third-order valence-electron chi connectivity index (χ3n) is 5.96. The van der Waals surface area contributed by atoms with Crippen LogP contribution in [0, 0.1) is 22.7 Å². The lowest BCUT2D eigenvalue weighted by molar-refractivity contribution is -0.117. The molecule has 180 valence electrons. The fourth-order valence-electron chi connectivity index (χ4n) is 4.01. The second kappa shape index (κ2) is 11.9. The van der Waals surface area contributed by atoms with Gasteiger partial charge >= 0.3 is 0 Å². The van der Waals surface area contributed by atoms with Crippen LogP contribution >= 0.6 is 0 Å². The number of rotatable bonds is 9. The lowest BCUT2D eigenvalue weighted by Gasteiger charge is -2.35. The molecule has 1 heterocycles. The van der Waals surface area contributed by atoms with Crippen LogP contribution in [0.5, 0.6) is 0 Å². The molecule has 0 spiro atoms. The first-order valence-corrected chi connectivity index (χ1v) is 11.7. The number of nitrogens with zero attached hydrogens (tertiary/aromatic N) is 3. The number of carbonyl (C=O) groups excluding carboxylic acids is 1. The van der Waals surface area contributed by atoms with Crippen molar-refractivity contribution in [2.45, 2.75) is 38.8 Å². The van der Waals surface area contributed by atoms with E-state index in [2.05, 4.69) is 48.0 Å². The second-order valence-electron chi connectivity index (χ2n) is 8.88. The van der Waals surface area contributed by atoms with Gasteiger partial charge < -0.3 is 20.9 Å². The Labute approximate surface area is 207 Å². The number of allylic oxidation sites excluding steroid dienone is 1. The van der Waals surface area contributed by atoms with Crippen molar-refractivity contribution >= 4 is 17.3 Å². The number of nitriles is 2. The van der Waals surface area contributed by atoms with E-state index in [4.69, 9.17) is 5.26 Å². The van der Waals surface area contributed by atoms with Crippen molar-refractivity contribution in [1.82, 2.24) is 10.2 Å². The predicted molar refractivity (Wildman–Crippen MR) is 140 cm³/mol. The van der Waals surface area contributed by atoms with Gasteiger partial charge in [-0.3, -0.25) is 4.79 Å². The predicted octanol–water partition coefficient (Wildman–Crippen LogP) is 4.17. The van der Waals surface area contributed by atoms with Gasteiger partial charge in [-0.15, -0.1) is 0 Å². The summed E-state index contributed by atoms with van der Waals surface area (Å²) in [6.45, 7) is 4.81. The zero-order valence-corrected chi connectivity index (χ0v) is 20.7. The van der Waals surface area contributed by atoms with E-state index in [1.807, 2.05) is 49.5 Å². The third-order valence-corrected chi connectivity index (χ3v) is 5.96. The van der Waals surface area contributed by atoms with Gasteiger partial charge in [0.1, 0.15) is 12.1 Å². The molecule has 0 aromatic heterocycles. The molecule has 2 aromatic carbocycles. The highest BCUT2D eigenvalue weighted by Gasteiger charge is 2.35. The summed E-state index contributed by atoms with van der Waals surface area (Å²) in [5, 5.41) is 28.6. The number of fused-ring (bicyclic) bond motifs is 1. The van der Waals surface area contributed by atoms with E-state index in [1.165, 1.54) is 5.57 Å². The van der Waals surface area contributed by atoms with E-state index in [0.29, 0.717) is 29.0 Å². The Balaban J connectivity index is 1.94. The molecule has 0 fully saturated rings. The summed E-state index contributed by atoms with van der Waals surface area (Å²) in [7, 11) is 3.92. The van der Waals surface area contributed by atoms with Gasteiger partial charge in [-0.1, -0.05) is 36.8 Å². The SMILES string of the molecule is CCC(C)=C/C(=C\N(C)C)C(NCCc1ccc(C#N)cc1)C1Nc2c(C#N)cccc2NC1=O. The van der Waals surface area contributed by atoms with Crippen molar-refractivity contribution in [3.8, 4) is 12.1 Å². The van der Waals surface area contributed by atoms with Crippen molar-refractivity contribution in [3.63, 3.8) is 0 Å². The van der Waals surface area contributed by atoms with E-state index in [-0.39, 0.29) is 11.9 Å². The van der Waals surface area contributed by atoms with Gasteiger partial charge in [-0.2, -0.15) is 10.5 Å². The standard InChI is InChI=1S/C28H32N6O/c1-5-19(2)15-23(18-34(3)4)26(31-14-13-20-9-11-21(16-29)12-10-20)27-28(35)32-24-8-6-7-22(17-30)25(24)33-27/h6-12,15,18,26-27,31,33H,5,13-14H2,1-4H3,(H,32,35)/b19-15?,23-18+. The minimum absolute atomic E-state index is 0.157. The highest BCUT2D eigenvalue weighted by Crippen LogP contribution is 2.32. The highest BCUT2D eigenvalue weighted by molar-refractivity contribution is 6.04. The normalized spacial score (nSPS) is 16.3. The van der Waals surface area contributed by atoms with Crippen LogP contribution in [0.3, 0.4) is 0 Å². The Morgan fingerprint density at radius 1 is 1.17 bits per heavy atom. The average Bonchev–Trinajstić information content (AvgIpc) is 2.85. The minimum Gasteiger partial charge on any atom is -0.383 e. The number of hydrogen-bond acceptors (Lipinski definition) is 6. The molecular formula is C28H32N6O. The Bertz CT molecular complexity index is 1200. The Morgan fingerprint density at radius 3 is 2.54 bits per heavy atom. The number of nitrogens with one attached hydrogen (secondary N) is 3. The molecule has 0 saturated carbocycles. The quantitative estimate of drug-likeness (QED) is 0.477. The van der Waals surface area contributed by atoms with Crippen LogP contribution in [0.1, 0.15) is 37.0 Å². The number of benzene rings is 2. The van der Waals surface area contributed by atoms with Gasteiger partial charge in [0.2, 0.25) is 5.91 Å². The monoisotopic (exact) mass is 468 g/mol. The zero-order chi connectivity index (χ0) is 25.4. The average molecular weight is 469 g/mol. The van der Waals surface area contributed by atoms with Gasteiger partial charge in [-0.05, 0) is 61.7 Å². The fourth-order valence-corrected chi connectivity index (χ4v) is 4.01. The van der Waals surface area contributed by atoms with Crippen LogP contribution in [-0.2, 0) is 11.2 Å². The molecule has 0 radical (unpaired) electrons. The van der Waals surface area contributed by atoms with Crippen LogP contribution in [0.15, 0.2) is 65.9 Å². The Hall–Kier alpha value is -4.07. The van der Waals surface area contributed by atoms with E-state index >= 15 is 0 Å². The number of anilines is 2. The van der Waals surface area contributed by atoms with Crippen LogP contribution in [0.4, 0.5) is 11.4 Å². The highest BCUT2D eigenvalue weighted by atomic mass is 16.2. The molecule has 0 saturated heterocycles. The van der Waals surface area contributed by atoms with Crippen LogP contribution < -0.4 is 16.0 Å². The molecule has 7 nitrogen and oxygen atoms in total. The second-order valence-corrected chi connectivity index (χ2v) is 8.88. The molecule has 0 aliphatic carbocycles. The first-order chi connectivity index (χ1) is 16.9. The summed E-state index contributed by atoms with van der Waals surface area (Å²) in [5.41, 5.74) is 5.64. The van der Waals surface area contributed by atoms with Crippen LogP contribution in [0.25, 0.3) is 0 Å². The molecule has 1 aliphatic rings. The van der Waals surface area contributed by atoms with Gasteiger partial charge in [0.15, 0.2) is 0 Å². The zero-order valence-electron chi connectivity index (χ0n) is 20.7. The Kier molecular flexibility index (Phi) is 8.67. The summed E-state index contributed by atoms with van der Waals surface area (Å²) in [4.78, 5) is 15.2. The lowest BCUT2D eigenvalue weighted by Crippen LogP contribution is -2.54. The summed E-state index contributed by atoms with van der Waals surface area (Å²) in [6, 6.07) is 16.2. The molecule has 3 rings (SSSR count). The largest absolute Gasteiger partial charge is 0.383 e. The summed E-state index contributed by atoms with van der Waals surface area (Å²) < 4.78 is 0. The summed E-state index contributed by atoms with van der Waals surface area (Å²) in [5.74, 6) is -0.157. The third kappa shape index (κ3) is 6.50. The van der Waals surface area contributed by atoms with Crippen molar-refractivity contribution in [2.75, 3.05) is 31.3 Å². The van der Waals surface area contributed by atoms with E-state index in [1.54, 1.807) is 18.2 Å². The fraction of sp³-hybridized carbons (Fsp3) is 0.321. The molecule has 2 aromatic rings. The molecule has 2 atom stereocenters. The number of hydrogen-bond donors (Lipinski definition) is 3. The van der Waals surface area contributed by atoms with Gasteiger partial charge in [0.25, 0.3) is 0 Å². The number of para-hydroxylation sites is 1. The number of carbonyl (C=O) groups is 1. The van der Waals surface area contributed by atoms with Crippen molar-refractivity contribution in [3.05, 3.63) is 82.6 Å². The Morgan fingerprint density at radius 2 is 1.91 bits per heavy atom. The van der Waals surface area contributed by atoms with Gasteiger partial charge in [-0.25, -0.2) is 0 Å². The molecule has 3 N–H and O–H groups in total.